The third-order valence-electron chi connectivity index (χ3n) is 3.32. The van der Waals surface area contributed by atoms with Gasteiger partial charge in [-0.2, -0.15) is 5.10 Å². The van der Waals surface area contributed by atoms with E-state index < -0.39 is 0 Å². The van der Waals surface area contributed by atoms with E-state index >= 15 is 0 Å². The van der Waals surface area contributed by atoms with Crippen molar-refractivity contribution in [1.82, 2.24) is 14.8 Å². The van der Waals surface area contributed by atoms with Gasteiger partial charge >= 0.3 is 5.97 Å². The lowest BCUT2D eigenvalue weighted by Crippen LogP contribution is -2.11. The van der Waals surface area contributed by atoms with Gasteiger partial charge in [-0.3, -0.25) is 14.5 Å². The van der Waals surface area contributed by atoms with E-state index in [1.807, 2.05) is 48.7 Å². The second-order valence-electron chi connectivity index (χ2n) is 4.77. The summed E-state index contributed by atoms with van der Waals surface area (Å²) in [6, 6.07) is 13.7. The molecule has 2 aromatic heterocycles. The third kappa shape index (κ3) is 2.88. The summed E-state index contributed by atoms with van der Waals surface area (Å²) in [5.74, 6) is -0.330. The number of carbonyl (C=O) groups is 1. The highest BCUT2D eigenvalue weighted by atomic mass is 16.5. The van der Waals surface area contributed by atoms with E-state index in [4.69, 9.17) is 4.74 Å². The average molecular weight is 293 g/mol. The van der Waals surface area contributed by atoms with Crippen molar-refractivity contribution in [3.05, 3.63) is 61.1 Å². The topological polar surface area (TPSA) is 57.0 Å². The van der Waals surface area contributed by atoms with E-state index in [1.54, 1.807) is 17.1 Å². The quantitative estimate of drug-likeness (QED) is 0.694. The van der Waals surface area contributed by atoms with Crippen molar-refractivity contribution in [3.8, 4) is 22.4 Å². The van der Waals surface area contributed by atoms with Gasteiger partial charge in [-0.05, 0) is 17.7 Å². The Morgan fingerprint density at radius 2 is 1.82 bits per heavy atom. The first-order valence-electron chi connectivity index (χ1n) is 6.88. The molecule has 0 amide bonds. The molecule has 0 fully saturated rings. The van der Waals surface area contributed by atoms with Crippen LogP contribution in [0, 0.1) is 0 Å². The summed E-state index contributed by atoms with van der Waals surface area (Å²) in [5, 5.41) is 4.54. The normalized spacial score (nSPS) is 10.4. The maximum Gasteiger partial charge on any atom is 0.327 e. The molecule has 0 spiro atoms. The number of pyridine rings is 1. The van der Waals surface area contributed by atoms with E-state index in [-0.39, 0.29) is 12.5 Å². The van der Waals surface area contributed by atoms with Gasteiger partial charge in [0.05, 0.1) is 7.11 Å². The molecular formula is C17H15N3O2. The minimum absolute atomic E-state index is 0.0847. The molecule has 0 bridgehead atoms. The fraction of sp³-hybridized carbons (Fsp3) is 0.118. The van der Waals surface area contributed by atoms with Crippen molar-refractivity contribution in [3.63, 3.8) is 0 Å². The zero-order valence-corrected chi connectivity index (χ0v) is 12.1. The summed E-state index contributed by atoms with van der Waals surface area (Å²) >= 11 is 0. The van der Waals surface area contributed by atoms with Gasteiger partial charge in [0, 0.05) is 29.7 Å². The van der Waals surface area contributed by atoms with Gasteiger partial charge < -0.3 is 4.74 Å². The van der Waals surface area contributed by atoms with Gasteiger partial charge in [-0.1, -0.05) is 30.3 Å². The van der Waals surface area contributed by atoms with Gasteiger partial charge in [-0.15, -0.1) is 0 Å². The maximum absolute atomic E-state index is 11.5. The Labute approximate surface area is 128 Å². The second-order valence-corrected chi connectivity index (χ2v) is 4.77. The highest BCUT2D eigenvalue weighted by Gasteiger charge is 2.14. The first-order valence-corrected chi connectivity index (χ1v) is 6.88. The standard InChI is InChI=1S/C17H15N3O2/c1-22-16(21)12-20-11-15(13-7-9-18-10-8-13)17(19-20)14-5-3-2-4-6-14/h2-11H,12H2,1H3. The van der Waals surface area contributed by atoms with E-state index in [0.717, 1.165) is 22.4 Å². The van der Waals surface area contributed by atoms with E-state index in [9.17, 15) is 4.79 Å². The van der Waals surface area contributed by atoms with Crippen LogP contribution in [0.25, 0.3) is 22.4 Å². The molecule has 0 atom stereocenters. The fourth-order valence-electron chi connectivity index (χ4n) is 2.25. The van der Waals surface area contributed by atoms with Crippen LogP contribution in [0.1, 0.15) is 0 Å². The van der Waals surface area contributed by atoms with Gasteiger partial charge in [-0.25, -0.2) is 0 Å². The number of hydrogen-bond donors (Lipinski definition) is 0. The molecule has 22 heavy (non-hydrogen) atoms. The summed E-state index contributed by atoms with van der Waals surface area (Å²) < 4.78 is 6.31. The molecule has 0 saturated carbocycles. The minimum atomic E-state index is -0.330. The van der Waals surface area contributed by atoms with Gasteiger partial charge in [0.2, 0.25) is 0 Å². The Morgan fingerprint density at radius 3 is 2.50 bits per heavy atom. The highest BCUT2D eigenvalue weighted by Crippen LogP contribution is 2.30. The van der Waals surface area contributed by atoms with Crippen molar-refractivity contribution in [1.29, 1.82) is 0 Å². The lowest BCUT2D eigenvalue weighted by Gasteiger charge is -2.01. The van der Waals surface area contributed by atoms with Crippen molar-refractivity contribution in [2.75, 3.05) is 7.11 Å². The number of ether oxygens (including phenoxy) is 1. The molecule has 3 rings (SSSR count). The summed E-state index contributed by atoms with van der Waals surface area (Å²) in [5.41, 5.74) is 3.79. The Morgan fingerprint density at radius 1 is 1.09 bits per heavy atom. The van der Waals surface area contributed by atoms with Crippen LogP contribution >= 0.6 is 0 Å². The maximum atomic E-state index is 11.5. The average Bonchev–Trinajstić information content (AvgIpc) is 3.00. The van der Waals surface area contributed by atoms with E-state index in [2.05, 4.69) is 10.1 Å². The SMILES string of the molecule is COC(=O)Cn1cc(-c2ccncc2)c(-c2ccccc2)n1. The monoisotopic (exact) mass is 293 g/mol. The molecule has 2 heterocycles. The number of carbonyl (C=O) groups excluding carboxylic acids is 1. The van der Waals surface area contributed by atoms with Crippen LogP contribution in [0.5, 0.6) is 0 Å². The molecule has 0 aliphatic carbocycles. The zero-order valence-electron chi connectivity index (χ0n) is 12.1. The lowest BCUT2D eigenvalue weighted by atomic mass is 10.0. The first-order chi connectivity index (χ1) is 10.8. The number of esters is 1. The first kappa shape index (κ1) is 14.0. The van der Waals surface area contributed by atoms with Crippen molar-refractivity contribution in [2.24, 2.45) is 0 Å². The molecule has 0 radical (unpaired) electrons. The van der Waals surface area contributed by atoms with Crippen LogP contribution in [0.4, 0.5) is 0 Å². The van der Waals surface area contributed by atoms with Gasteiger partial charge in [0.1, 0.15) is 12.2 Å². The zero-order chi connectivity index (χ0) is 15.4. The molecule has 3 aromatic rings. The number of methoxy groups -OCH3 is 1. The Balaban J connectivity index is 2.08. The number of hydrogen-bond acceptors (Lipinski definition) is 4. The van der Waals surface area contributed by atoms with Crippen LogP contribution in [0.15, 0.2) is 61.1 Å². The third-order valence-corrected chi connectivity index (χ3v) is 3.32. The molecular weight excluding hydrogens is 278 g/mol. The summed E-state index contributed by atoms with van der Waals surface area (Å²) in [6.45, 7) is 0.0847. The molecule has 0 aliphatic rings. The number of nitrogens with zero attached hydrogens (tertiary/aromatic N) is 3. The molecule has 0 N–H and O–H groups in total. The van der Waals surface area contributed by atoms with Gasteiger partial charge in [0.15, 0.2) is 0 Å². The minimum Gasteiger partial charge on any atom is -0.468 e. The predicted octanol–water partition coefficient (Wildman–Crippen LogP) is 2.79. The predicted molar refractivity (Wildman–Crippen MR) is 82.9 cm³/mol. The summed E-state index contributed by atoms with van der Waals surface area (Å²) in [6.07, 6.45) is 5.33. The Kier molecular flexibility index (Phi) is 3.96. The number of rotatable bonds is 4. The largest absolute Gasteiger partial charge is 0.468 e. The van der Waals surface area contributed by atoms with Crippen LogP contribution in [-0.2, 0) is 16.1 Å². The Hall–Kier alpha value is -2.95. The fourth-order valence-corrected chi connectivity index (χ4v) is 2.25. The lowest BCUT2D eigenvalue weighted by molar-refractivity contribution is -0.141. The van der Waals surface area contributed by atoms with Crippen LogP contribution in [0.2, 0.25) is 0 Å². The molecule has 0 aliphatic heterocycles. The van der Waals surface area contributed by atoms with E-state index in [1.165, 1.54) is 7.11 Å². The van der Waals surface area contributed by atoms with Crippen LogP contribution < -0.4 is 0 Å². The molecule has 110 valence electrons. The van der Waals surface area contributed by atoms with Crippen molar-refractivity contribution >= 4 is 5.97 Å². The second kappa shape index (κ2) is 6.22. The molecule has 0 unspecified atom stereocenters. The number of benzene rings is 1. The van der Waals surface area contributed by atoms with E-state index in [0.29, 0.717) is 0 Å². The number of aromatic nitrogens is 3. The van der Waals surface area contributed by atoms with Crippen molar-refractivity contribution < 1.29 is 9.53 Å². The van der Waals surface area contributed by atoms with Crippen molar-refractivity contribution in [2.45, 2.75) is 6.54 Å². The van der Waals surface area contributed by atoms with Crippen LogP contribution in [0.3, 0.4) is 0 Å². The summed E-state index contributed by atoms with van der Waals surface area (Å²) in [4.78, 5) is 15.5. The highest BCUT2D eigenvalue weighted by molar-refractivity contribution is 5.80. The smallest absolute Gasteiger partial charge is 0.327 e. The summed E-state index contributed by atoms with van der Waals surface area (Å²) in [7, 11) is 1.37. The molecule has 5 nitrogen and oxygen atoms in total. The molecule has 5 heteroatoms. The van der Waals surface area contributed by atoms with Crippen LogP contribution in [-0.4, -0.2) is 27.8 Å². The van der Waals surface area contributed by atoms with Gasteiger partial charge in [0.25, 0.3) is 0 Å². The Bertz CT molecular complexity index is 710. The molecule has 1 aromatic carbocycles. The molecule has 0 saturated heterocycles.